The van der Waals surface area contributed by atoms with E-state index in [4.69, 9.17) is 9.47 Å². The first-order valence-corrected chi connectivity index (χ1v) is 5.85. The second kappa shape index (κ2) is 6.39. The molecule has 17 heavy (non-hydrogen) atoms. The van der Waals surface area contributed by atoms with Gasteiger partial charge in [0.15, 0.2) is 0 Å². The fourth-order valence-electron chi connectivity index (χ4n) is 1.16. The largest absolute Gasteiger partial charge is 0.475 e. The van der Waals surface area contributed by atoms with Crippen LogP contribution in [0.5, 0.6) is 5.88 Å². The number of anilines is 1. The maximum atomic E-state index is 5.54. The van der Waals surface area contributed by atoms with Gasteiger partial charge in [-0.3, -0.25) is 0 Å². The fourth-order valence-corrected chi connectivity index (χ4v) is 1.16. The lowest BCUT2D eigenvalue weighted by Crippen LogP contribution is -2.22. The van der Waals surface area contributed by atoms with E-state index in [0.29, 0.717) is 25.0 Å². The van der Waals surface area contributed by atoms with Gasteiger partial charge in [-0.2, -0.15) is 4.98 Å². The number of rotatable bonds is 6. The number of nitrogens with zero attached hydrogens (tertiary/aromatic N) is 2. The number of nitrogens with one attached hydrogen (secondary N) is 1. The third kappa shape index (κ3) is 6.06. The molecule has 1 N–H and O–H groups in total. The first-order valence-electron chi connectivity index (χ1n) is 5.85. The van der Waals surface area contributed by atoms with Gasteiger partial charge in [0.1, 0.15) is 6.61 Å². The minimum absolute atomic E-state index is 0.135. The van der Waals surface area contributed by atoms with Crippen LogP contribution in [0.25, 0.3) is 0 Å². The molecule has 1 aromatic heterocycles. The Morgan fingerprint density at radius 2 is 2.06 bits per heavy atom. The maximum absolute atomic E-state index is 5.54. The Morgan fingerprint density at radius 1 is 1.29 bits per heavy atom. The van der Waals surface area contributed by atoms with Crippen molar-refractivity contribution in [3.8, 4) is 5.88 Å². The van der Waals surface area contributed by atoms with Gasteiger partial charge in [-0.25, -0.2) is 4.98 Å². The smallest absolute Gasteiger partial charge is 0.225 e. The van der Waals surface area contributed by atoms with Crippen LogP contribution in [0, 0.1) is 0 Å². The Balaban J connectivity index is 2.34. The molecular formula is C12H21N3O2. The van der Waals surface area contributed by atoms with Crippen molar-refractivity contribution in [3.63, 3.8) is 0 Å². The molecule has 0 aliphatic heterocycles. The standard InChI is InChI=1S/C12H21N3O2/c1-5-13-11-14-7-6-10(15-11)16-8-9-17-12(2,3)4/h6-7H,5,8-9H2,1-4H3,(H,13,14,15). The molecule has 0 aliphatic carbocycles. The number of hydrogen-bond donors (Lipinski definition) is 1. The number of aromatic nitrogens is 2. The van der Waals surface area contributed by atoms with Gasteiger partial charge in [0.2, 0.25) is 11.8 Å². The molecule has 0 unspecified atom stereocenters. The van der Waals surface area contributed by atoms with Gasteiger partial charge in [-0.05, 0) is 27.7 Å². The lowest BCUT2D eigenvalue weighted by Gasteiger charge is -2.19. The van der Waals surface area contributed by atoms with E-state index in [1.807, 2.05) is 27.7 Å². The monoisotopic (exact) mass is 239 g/mol. The molecule has 0 atom stereocenters. The molecule has 0 saturated heterocycles. The zero-order valence-electron chi connectivity index (χ0n) is 11.0. The SMILES string of the molecule is CCNc1nccc(OCCOC(C)(C)C)n1. The first-order chi connectivity index (χ1) is 8.01. The molecule has 1 aromatic rings. The van der Waals surface area contributed by atoms with Crippen LogP contribution in [0.2, 0.25) is 0 Å². The first kappa shape index (κ1) is 13.7. The normalized spacial score (nSPS) is 11.3. The molecule has 0 radical (unpaired) electrons. The van der Waals surface area contributed by atoms with E-state index in [2.05, 4.69) is 15.3 Å². The van der Waals surface area contributed by atoms with Crippen LogP contribution < -0.4 is 10.1 Å². The van der Waals surface area contributed by atoms with E-state index in [1.54, 1.807) is 12.3 Å². The highest BCUT2D eigenvalue weighted by Gasteiger charge is 2.09. The topological polar surface area (TPSA) is 56.3 Å². The average molecular weight is 239 g/mol. The number of hydrogen-bond acceptors (Lipinski definition) is 5. The molecule has 0 saturated carbocycles. The van der Waals surface area contributed by atoms with Crippen LogP contribution in [0.1, 0.15) is 27.7 Å². The van der Waals surface area contributed by atoms with Crippen molar-refractivity contribution in [1.29, 1.82) is 0 Å². The summed E-state index contributed by atoms with van der Waals surface area (Å²) in [5.41, 5.74) is -0.135. The van der Waals surface area contributed by atoms with E-state index >= 15 is 0 Å². The van der Waals surface area contributed by atoms with E-state index < -0.39 is 0 Å². The highest BCUT2D eigenvalue weighted by Crippen LogP contribution is 2.09. The van der Waals surface area contributed by atoms with Crippen molar-refractivity contribution < 1.29 is 9.47 Å². The maximum Gasteiger partial charge on any atom is 0.225 e. The molecule has 0 aromatic carbocycles. The van der Waals surface area contributed by atoms with Crippen molar-refractivity contribution >= 4 is 5.95 Å². The minimum Gasteiger partial charge on any atom is -0.475 e. The third-order valence-electron chi connectivity index (χ3n) is 1.83. The molecule has 5 nitrogen and oxygen atoms in total. The zero-order chi connectivity index (χ0) is 12.7. The molecule has 5 heteroatoms. The summed E-state index contributed by atoms with van der Waals surface area (Å²) in [4.78, 5) is 8.26. The summed E-state index contributed by atoms with van der Waals surface area (Å²) < 4.78 is 11.0. The van der Waals surface area contributed by atoms with E-state index in [9.17, 15) is 0 Å². The van der Waals surface area contributed by atoms with Crippen LogP contribution in [0.15, 0.2) is 12.3 Å². The second-order valence-corrected chi connectivity index (χ2v) is 4.56. The van der Waals surface area contributed by atoms with Crippen LogP contribution in [-0.2, 0) is 4.74 Å². The summed E-state index contributed by atoms with van der Waals surface area (Å²) in [6, 6.07) is 1.73. The Labute approximate surface area is 103 Å². The molecule has 0 aliphatic rings. The van der Waals surface area contributed by atoms with Gasteiger partial charge in [0, 0.05) is 18.8 Å². The Morgan fingerprint density at radius 3 is 2.71 bits per heavy atom. The summed E-state index contributed by atoms with van der Waals surface area (Å²) >= 11 is 0. The highest BCUT2D eigenvalue weighted by atomic mass is 16.5. The molecule has 0 spiro atoms. The van der Waals surface area contributed by atoms with Crippen LogP contribution >= 0.6 is 0 Å². The Kier molecular flexibility index (Phi) is 5.15. The van der Waals surface area contributed by atoms with Crippen LogP contribution in [-0.4, -0.2) is 35.3 Å². The molecular weight excluding hydrogens is 218 g/mol. The van der Waals surface area contributed by atoms with Gasteiger partial charge in [-0.1, -0.05) is 0 Å². The summed E-state index contributed by atoms with van der Waals surface area (Å²) in [7, 11) is 0. The van der Waals surface area contributed by atoms with E-state index in [1.165, 1.54) is 0 Å². The van der Waals surface area contributed by atoms with Crippen molar-refractivity contribution in [2.24, 2.45) is 0 Å². The molecule has 1 rings (SSSR count). The lowest BCUT2D eigenvalue weighted by molar-refractivity contribution is -0.0168. The second-order valence-electron chi connectivity index (χ2n) is 4.56. The van der Waals surface area contributed by atoms with Gasteiger partial charge in [-0.15, -0.1) is 0 Å². The van der Waals surface area contributed by atoms with Crippen LogP contribution in [0.4, 0.5) is 5.95 Å². The van der Waals surface area contributed by atoms with Gasteiger partial charge in [0.25, 0.3) is 0 Å². The molecule has 0 fully saturated rings. The molecule has 0 bridgehead atoms. The third-order valence-corrected chi connectivity index (χ3v) is 1.83. The summed E-state index contributed by atoms with van der Waals surface area (Å²) in [6.45, 7) is 9.86. The van der Waals surface area contributed by atoms with Gasteiger partial charge >= 0.3 is 0 Å². The van der Waals surface area contributed by atoms with Crippen molar-refractivity contribution in [1.82, 2.24) is 9.97 Å². The summed E-state index contributed by atoms with van der Waals surface area (Å²) in [5.74, 6) is 1.15. The highest BCUT2D eigenvalue weighted by molar-refractivity contribution is 5.26. The van der Waals surface area contributed by atoms with Gasteiger partial charge < -0.3 is 14.8 Å². The molecule has 1 heterocycles. The fraction of sp³-hybridized carbons (Fsp3) is 0.667. The van der Waals surface area contributed by atoms with Gasteiger partial charge in [0.05, 0.1) is 12.2 Å². The number of ether oxygens (including phenoxy) is 2. The summed E-state index contributed by atoms with van der Waals surface area (Å²) in [5, 5.41) is 3.03. The Bertz CT molecular complexity index is 337. The predicted molar refractivity (Wildman–Crippen MR) is 67.4 cm³/mol. The van der Waals surface area contributed by atoms with E-state index in [-0.39, 0.29) is 5.60 Å². The predicted octanol–water partition coefficient (Wildman–Crippen LogP) is 2.10. The minimum atomic E-state index is -0.135. The Hall–Kier alpha value is -1.36. The molecule has 96 valence electrons. The van der Waals surface area contributed by atoms with E-state index in [0.717, 1.165) is 6.54 Å². The van der Waals surface area contributed by atoms with Crippen LogP contribution in [0.3, 0.4) is 0 Å². The summed E-state index contributed by atoms with van der Waals surface area (Å²) in [6.07, 6.45) is 1.67. The zero-order valence-corrected chi connectivity index (χ0v) is 11.0. The molecule has 0 amide bonds. The lowest BCUT2D eigenvalue weighted by atomic mass is 10.2. The van der Waals surface area contributed by atoms with Crippen molar-refractivity contribution in [2.45, 2.75) is 33.3 Å². The average Bonchev–Trinajstić information content (AvgIpc) is 2.24. The quantitative estimate of drug-likeness (QED) is 0.770. The van der Waals surface area contributed by atoms with Crippen molar-refractivity contribution in [3.05, 3.63) is 12.3 Å². The van der Waals surface area contributed by atoms with Crippen molar-refractivity contribution in [2.75, 3.05) is 25.1 Å².